The van der Waals surface area contributed by atoms with Crippen LogP contribution in [0.1, 0.15) is 54.0 Å². The molecule has 1 aromatic heterocycles. The van der Waals surface area contributed by atoms with Crippen LogP contribution in [0.5, 0.6) is 0 Å². The van der Waals surface area contributed by atoms with Crippen LogP contribution in [0, 0.1) is 11.6 Å². The molecule has 6 rings (SSSR count). The number of benzene rings is 2. The minimum atomic E-state index is -4.24. The van der Waals surface area contributed by atoms with Crippen molar-refractivity contribution in [3.63, 3.8) is 0 Å². The van der Waals surface area contributed by atoms with Gasteiger partial charge in [0.25, 0.3) is 0 Å². The fraction of sp³-hybridized carbons (Fsp3) is 0.500. The number of hydrogen-bond acceptors (Lipinski definition) is 8. The van der Waals surface area contributed by atoms with Gasteiger partial charge in [-0.1, -0.05) is 13.8 Å². The highest BCUT2D eigenvalue weighted by molar-refractivity contribution is 7.89. The average molecular weight is 643 g/mol. The van der Waals surface area contributed by atoms with Crippen LogP contribution in [0.25, 0.3) is 0 Å². The summed E-state index contributed by atoms with van der Waals surface area (Å²) in [5.41, 5.74) is 3.47. The van der Waals surface area contributed by atoms with Gasteiger partial charge in [0.1, 0.15) is 11.6 Å². The zero-order chi connectivity index (χ0) is 31.9. The number of Topliss-reactive ketones (excluding diaryl/α,β-unsaturated/α-hetero) is 1. The Morgan fingerprint density at radius 1 is 1.07 bits per heavy atom. The minimum absolute atomic E-state index is 0.0167. The van der Waals surface area contributed by atoms with Gasteiger partial charge in [-0.05, 0) is 50.2 Å². The number of nitrogens with one attached hydrogen (secondary N) is 2. The van der Waals surface area contributed by atoms with Crippen molar-refractivity contribution >= 4 is 27.2 Å². The first-order valence-electron chi connectivity index (χ1n) is 15.4. The van der Waals surface area contributed by atoms with Gasteiger partial charge in [0.2, 0.25) is 10.0 Å². The maximum absolute atomic E-state index is 14.0. The normalized spacial score (nSPS) is 19.8. The number of fused-ring (bicyclic) bond motifs is 1. The number of nitrogens with zero attached hydrogens (tertiary/aromatic N) is 4. The Labute approximate surface area is 262 Å². The summed E-state index contributed by atoms with van der Waals surface area (Å²) in [7, 11) is -2.13. The van der Waals surface area contributed by atoms with E-state index < -0.39 is 32.0 Å². The molecule has 10 nitrogen and oxygen atoms in total. The molecule has 0 spiro atoms. The summed E-state index contributed by atoms with van der Waals surface area (Å²) >= 11 is 0. The molecule has 2 aromatic carbocycles. The molecule has 0 atom stereocenters. The summed E-state index contributed by atoms with van der Waals surface area (Å²) < 4.78 is 61.8. The monoisotopic (exact) mass is 642 g/mol. The van der Waals surface area contributed by atoms with Crippen molar-refractivity contribution in [3.05, 3.63) is 70.5 Å². The Balaban J connectivity index is 1.28. The third kappa shape index (κ3) is 6.62. The van der Waals surface area contributed by atoms with Crippen molar-refractivity contribution in [1.29, 1.82) is 0 Å². The van der Waals surface area contributed by atoms with Crippen LogP contribution in [0.4, 0.5) is 20.2 Å². The fourth-order valence-corrected chi connectivity index (χ4v) is 8.11. The van der Waals surface area contributed by atoms with Crippen LogP contribution < -0.4 is 10.2 Å². The lowest BCUT2D eigenvalue weighted by molar-refractivity contribution is 0.0904. The molecule has 3 aromatic rings. The van der Waals surface area contributed by atoms with E-state index in [4.69, 9.17) is 4.74 Å². The number of H-pyrrole nitrogens is 1. The highest BCUT2D eigenvalue weighted by Gasteiger charge is 2.41. The van der Waals surface area contributed by atoms with E-state index in [-0.39, 0.29) is 31.3 Å². The van der Waals surface area contributed by atoms with Gasteiger partial charge in [-0.15, -0.1) is 0 Å². The first-order chi connectivity index (χ1) is 21.4. The highest BCUT2D eigenvalue weighted by Crippen LogP contribution is 2.37. The van der Waals surface area contributed by atoms with E-state index in [2.05, 4.69) is 38.4 Å². The Bertz CT molecular complexity index is 1660. The Morgan fingerprint density at radius 3 is 2.44 bits per heavy atom. The van der Waals surface area contributed by atoms with Crippen molar-refractivity contribution in [1.82, 2.24) is 19.4 Å². The number of aromatic amines is 1. The Hall–Kier alpha value is -3.39. The summed E-state index contributed by atoms with van der Waals surface area (Å²) in [5, 5.41) is 11.1. The molecule has 13 heteroatoms. The number of sulfonamides is 1. The van der Waals surface area contributed by atoms with Crippen molar-refractivity contribution in [2.24, 2.45) is 0 Å². The molecule has 3 aliphatic rings. The van der Waals surface area contributed by atoms with Gasteiger partial charge in [0.15, 0.2) is 5.78 Å². The van der Waals surface area contributed by atoms with E-state index in [1.807, 2.05) is 26.0 Å². The van der Waals surface area contributed by atoms with E-state index in [0.29, 0.717) is 41.8 Å². The Morgan fingerprint density at radius 2 is 1.76 bits per heavy atom. The molecule has 0 amide bonds. The SMILES string of the molecule is CN1CCN(c2ccc(C(=O)Cc3[nH]nc4c3CN(S(=O)(=O)c3cc(F)cc(F)c3)CC4(C)C)c(NC3CCOCC3)c2)CC1. The summed E-state index contributed by atoms with van der Waals surface area (Å²) in [6, 6.07) is 8.39. The third-order valence-corrected chi connectivity index (χ3v) is 10.8. The van der Waals surface area contributed by atoms with Crippen LogP contribution in [0.15, 0.2) is 41.3 Å². The van der Waals surface area contributed by atoms with Crippen LogP contribution >= 0.6 is 0 Å². The van der Waals surface area contributed by atoms with Crippen molar-refractivity contribution < 1.29 is 26.7 Å². The van der Waals surface area contributed by atoms with Gasteiger partial charge in [0.05, 0.1) is 17.0 Å². The first-order valence-corrected chi connectivity index (χ1v) is 16.8. The molecular weight excluding hydrogens is 602 g/mol. The number of carbonyl (C=O) groups is 1. The molecule has 0 radical (unpaired) electrons. The number of hydrogen-bond donors (Lipinski definition) is 2. The van der Waals surface area contributed by atoms with Gasteiger partial charge in [-0.2, -0.15) is 9.40 Å². The molecule has 0 bridgehead atoms. The average Bonchev–Trinajstić information content (AvgIpc) is 3.41. The number of piperazine rings is 1. The maximum atomic E-state index is 14.0. The van der Waals surface area contributed by atoms with Crippen LogP contribution in [0.3, 0.4) is 0 Å². The summed E-state index contributed by atoms with van der Waals surface area (Å²) in [5.74, 6) is -2.07. The summed E-state index contributed by atoms with van der Waals surface area (Å²) in [4.78, 5) is 18.2. The van der Waals surface area contributed by atoms with E-state index in [0.717, 1.165) is 62.5 Å². The van der Waals surface area contributed by atoms with E-state index in [1.165, 1.54) is 4.31 Å². The largest absolute Gasteiger partial charge is 0.381 e. The highest BCUT2D eigenvalue weighted by atomic mass is 32.2. The molecule has 0 saturated carbocycles. The number of ether oxygens (including phenoxy) is 1. The molecule has 242 valence electrons. The predicted octanol–water partition coefficient (Wildman–Crippen LogP) is 3.94. The molecule has 0 aliphatic carbocycles. The number of rotatable bonds is 8. The smallest absolute Gasteiger partial charge is 0.243 e. The lowest BCUT2D eigenvalue weighted by Crippen LogP contribution is -2.45. The quantitative estimate of drug-likeness (QED) is 0.356. The number of aromatic nitrogens is 2. The molecule has 2 N–H and O–H groups in total. The molecule has 4 heterocycles. The molecule has 2 fully saturated rings. The van der Waals surface area contributed by atoms with E-state index >= 15 is 0 Å². The Kier molecular flexibility index (Phi) is 8.72. The van der Waals surface area contributed by atoms with Gasteiger partial charge in [-0.25, -0.2) is 17.2 Å². The third-order valence-electron chi connectivity index (χ3n) is 9.06. The number of likely N-dealkylation sites (N-methyl/N-ethyl adjacent to an activating group) is 1. The zero-order valence-electron chi connectivity index (χ0n) is 25.9. The number of carbonyl (C=O) groups excluding carboxylic acids is 1. The number of ketones is 1. The van der Waals surface area contributed by atoms with E-state index in [1.54, 1.807) is 0 Å². The second-order valence-corrected chi connectivity index (χ2v) is 14.9. The predicted molar refractivity (Wildman–Crippen MR) is 167 cm³/mol. The van der Waals surface area contributed by atoms with Crippen molar-refractivity contribution in [2.75, 3.05) is 63.2 Å². The summed E-state index contributed by atoms with van der Waals surface area (Å²) in [6.07, 6.45) is 1.67. The number of halogens is 2. The van der Waals surface area contributed by atoms with Crippen LogP contribution in [-0.2, 0) is 33.1 Å². The molecule has 45 heavy (non-hydrogen) atoms. The van der Waals surface area contributed by atoms with Gasteiger partial charge >= 0.3 is 0 Å². The standard InChI is InChI=1S/C32H40F2N6O4S/c1-32(2)20-40(45(42,43)25-15-21(33)14-22(34)16-25)19-27-29(36-37-31(27)32)18-30(41)26-5-4-24(39-10-8-38(3)9-11-39)17-28(26)35-23-6-12-44-13-7-23/h4-5,14-17,23,35H,6-13,18-20H2,1-3H3,(H,36,37). The van der Waals surface area contributed by atoms with Gasteiger partial charge in [0, 0.05) is 98.2 Å². The number of anilines is 2. The second kappa shape index (κ2) is 12.4. The lowest BCUT2D eigenvalue weighted by Gasteiger charge is -2.36. The van der Waals surface area contributed by atoms with Crippen LogP contribution in [0.2, 0.25) is 0 Å². The minimum Gasteiger partial charge on any atom is -0.381 e. The zero-order valence-corrected chi connectivity index (χ0v) is 26.7. The molecule has 3 aliphatic heterocycles. The fourth-order valence-electron chi connectivity index (χ4n) is 6.50. The summed E-state index contributed by atoms with van der Waals surface area (Å²) in [6.45, 7) is 8.76. The molecular formula is C32H40F2N6O4S. The molecule has 0 unspecified atom stereocenters. The van der Waals surface area contributed by atoms with Crippen LogP contribution in [-0.4, -0.2) is 92.6 Å². The molecule has 2 saturated heterocycles. The van der Waals surface area contributed by atoms with Gasteiger partial charge < -0.3 is 19.9 Å². The van der Waals surface area contributed by atoms with E-state index in [9.17, 15) is 22.0 Å². The van der Waals surface area contributed by atoms with Crippen molar-refractivity contribution in [3.8, 4) is 0 Å². The maximum Gasteiger partial charge on any atom is 0.243 e. The topological polar surface area (TPSA) is 111 Å². The lowest BCUT2D eigenvalue weighted by atomic mass is 9.83. The van der Waals surface area contributed by atoms with Gasteiger partial charge in [-0.3, -0.25) is 9.89 Å². The van der Waals surface area contributed by atoms with Crippen molar-refractivity contribution in [2.45, 2.75) is 56.0 Å². The second-order valence-electron chi connectivity index (χ2n) is 12.9. The first kappa shape index (κ1) is 31.6.